The SMILES string of the molecule is CB(O)N1CCOC[C@H]1COCc1ccccc1. The molecule has 0 amide bonds. The molecule has 1 aliphatic heterocycles. The van der Waals surface area contributed by atoms with E-state index < -0.39 is 7.05 Å². The molecule has 0 aliphatic carbocycles. The maximum Gasteiger partial charge on any atom is 0.376 e. The van der Waals surface area contributed by atoms with E-state index >= 15 is 0 Å². The van der Waals surface area contributed by atoms with Crippen molar-refractivity contribution in [3.8, 4) is 0 Å². The minimum atomic E-state index is -0.445. The van der Waals surface area contributed by atoms with Crippen LogP contribution >= 0.6 is 0 Å². The Morgan fingerprint density at radius 2 is 2.22 bits per heavy atom. The van der Waals surface area contributed by atoms with Crippen LogP contribution in [0.25, 0.3) is 0 Å². The Hall–Kier alpha value is -0.875. The molecular formula is C13H20BNO3. The van der Waals surface area contributed by atoms with Crippen molar-refractivity contribution in [3.63, 3.8) is 0 Å². The van der Waals surface area contributed by atoms with Crippen LogP contribution in [0.3, 0.4) is 0 Å². The first-order chi connectivity index (χ1) is 8.77. The number of hydrogen-bond donors (Lipinski definition) is 1. The predicted molar refractivity (Wildman–Crippen MR) is 71.2 cm³/mol. The number of rotatable bonds is 5. The van der Waals surface area contributed by atoms with E-state index in [4.69, 9.17) is 9.47 Å². The number of benzene rings is 1. The van der Waals surface area contributed by atoms with Gasteiger partial charge in [0.05, 0.1) is 26.4 Å². The fraction of sp³-hybridized carbons (Fsp3) is 0.538. The molecule has 0 radical (unpaired) electrons. The smallest absolute Gasteiger partial charge is 0.376 e. The van der Waals surface area contributed by atoms with E-state index in [1.54, 1.807) is 6.82 Å². The molecule has 98 valence electrons. The highest BCUT2D eigenvalue weighted by molar-refractivity contribution is 6.45. The van der Waals surface area contributed by atoms with Gasteiger partial charge in [0, 0.05) is 12.6 Å². The number of hydrogen-bond acceptors (Lipinski definition) is 4. The summed E-state index contributed by atoms with van der Waals surface area (Å²) in [5.41, 5.74) is 1.16. The van der Waals surface area contributed by atoms with Gasteiger partial charge in [-0.15, -0.1) is 0 Å². The second-order valence-electron chi connectivity index (χ2n) is 4.60. The van der Waals surface area contributed by atoms with Crippen LogP contribution in [0, 0.1) is 0 Å². The van der Waals surface area contributed by atoms with Gasteiger partial charge in [0.2, 0.25) is 0 Å². The van der Waals surface area contributed by atoms with E-state index in [-0.39, 0.29) is 6.04 Å². The summed E-state index contributed by atoms with van der Waals surface area (Å²) < 4.78 is 11.1. The van der Waals surface area contributed by atoms with Crippen LogP contribution in [-0.2, 0) is 16.1 Å². The van der Waals surface area contributed by atoms with Crippen molar-refractivity contribution >= 4 is 7.05 Å². The van der Waals surface area contributed by atoms with Crippen molar-refractivity contribution in [2.45, 2.75) is 19.5 Å². The quantitative estimate of drug-likeness (QED) is 0.791. The highest BCUT2D eigenvalue weighted by atomic mass is 16.5. The maximum absolute atomic E-state index is 9.68. The molecule has 0 bridgehead atoms. The first-order valence-electron chi connectivity index (χ1n) is 6.40. The Kier molecular flexibility index (Phi) is 5.19. The third-order valence-corrected chi connectivity index (χ3v) is 3.17. The molecule has 0 saturated carbocycles. The van der Waals surface area contributed by atoms with E-state index in [0.29, 0.717) is 26.4 Å². The van der Waals surface area contributed by atoms with Crippen molar-refractivity contribution in [2.75, 3.05) is 26.4 Å². The van der Waals surface area contributed by atoms with E-state index in [1.165, 1.54) is 0 Å². The fourth-order valence-electron chi connectivity index (χ4n) is 2.19. The molecule has 5 heteroatoms. The topological polar surface area (TPSA) is 41.9 Å². The van der Waals surface area contributed by atoms with Gasteiger partial charge in [0.25, 0.3) is 0 Å². The van der Waals surface area contributed by atoms with E-state index in [1.807, 2.05) is 35.1 Å². The molecule has 1 saturated heterocycles. The van der Waals surface area contributed by atoms with Crippen LogP contribution in [0.5, 0.6) is 0 Å². The van der Waals surface area contributed by atoms with Gasteiger partial charge in [0.1, 0.15) is 0 Å². The van der Waals surface area contributed by atoms with Crippen molar-refractivity contribution in [1.29, 1.82) is 0 Å². The highest BCUT2D eigenvalue weighted by Gasteiger charge is 2.28. The molecule has 1 heterocycles. The second kappa shape index (κ2) is 6.90. The number of nitrogens with zero attached hydrogens (tertiary/aromatic N) is 1. The largest absolute Gasteiger partial charge is 0.437 e. The summed E-state index contributed by atoms with van der Waals surface area (Å²) in [7, 11) is -0.445. The van der Waals surface area contributed by atoms with Crippen LogP contribution < -0.4 is 0 Å². The molecule has 4 nitrogen and oxygen atoms in total. The van der Waals surface area contributed by atoms with Crippen LogP contribution in [-0.4, -0.2) is 49.3 Å². The highest BCUT2D eigenvalue weighted by Crippen LogP contribution is 2.10. The molecular weight excluding hydrogens is 229 g/mol. The molecule has 1 aliphatic rings. The Morgan fingerprint density at radius 3 is 2.94 bits per heavy atom. The summed E-state index contributed by atoms with van der Waals surface area (Å²) in [6, 6.07) is 10.2. The lowest BCUT2D eigenvalue weighted by Gasteiger charge is -2.36. The number of ether oxygens (including phenoxy) is 2. The van der Waals surface area contributed by atoms with Gasteiger partial charge in [-0.05, 0) is 12.4 Å². The van der Waals surface area contributed by atoms with Gasteiger partial charge in [-0.1, -0.05) is 30.3 Å². The maximum atomic E-state index is 9.68. The van der Waals surface area contributed by atoms with Crippen LogP contribution in [0.1, 0.15) is 5.56 Å². The predicted octanol–water partition coefficient (Wildman–Crippen LogP) is 1.01. The Bertz CT molecular complexity index is 347. The first kappa shape index (κ1) is 13.6. The second-order valence-corrected chi connectivity index (χ2v) is 4.60. The molecule has 2 rings (SSSR count). The summed E-state index contributed by atoms with van der Waals surface area (Å²) in [6.45, 7) is 5.04. The first-order valence-corrected chi connectivity index (χ1v) is 6.40. The van der Waals surface area contributed by atoms with Crippen LogP contribution in [0.4, 0.5) is 0 Å². The zero-order valence-corrected chi connectivity index (χ0v) is 10.8. The van der Waals surface area contributed by atoms with Gasteiger partial charge in [-0.2, -0.15) is 0 Å². The fourth-order valence-corrected chi connectivity index (χ4v) is 2.19. The van der Waals surface area contributed by atoms with Crippen LogP contribution in [0.2, 0.25) is 6.82 Å². The zero-order valence-electron chi connectivity index (χ0n) is 10.8. The molecule has 1 atom stereocenters. The Balaban J connectivity index is 1.78. The molecule has 1 aromatic carbocycles. The van der Waals surface area contributed by atoms with Crippen molar-refractivity contribution < 1.29 is 14.5 Å². The Labute approximate surface area is 109 Å². The third kappa shape index (κ3) is 3.81. The zero-order chi connectivity index (χ0) is 12.8. The summed E-state index contributed by atoms with van der Waals surface area (Å²) in [4.78, 5) is 2.02. The monoisotopic (exact) mass is 249 g/mol. The average Bonchev–Trinajstić information content (AvgIpc) is 2.40. The minimum Gasteiger partial charge on any atom is -0.437 e. The molecule has 0 aromatic heterocycles. The Morgan fingerprint density at radius 1 is 1.44 bits per heavy atom. The summed E-state index contributed by atoms with van der Waals surface area (Å²) in [5.74, 6) is 0. The summed E-state index contributed by atoms with van der Waals surface area (Å²) in [5, 5.41) is 9.68. The van der Waals surface area contributed by atoms with E-state index in [0.717, 1.165) is 12.1 Å². The lowest BCUT2D eigenvalue weighted by Crippen LogP contribution is -2.54. The normalized spacial score (nSPS) is 20.9. The van der Waals surface area contributed by atoms with Gasteiger partial charge < -0.3 is 19.3 Å². The van der Waals surface area contributed by atoms with Gasteiger partial charge in [0.15, 0.2) is 0 Å². The standard InChI is InChI=1S/C13H20BNO3/c1-14(16)15-7-8-17-10-13(15)11-18-9-12-5-3-2-4-6-12/h2-6,13,16H,7-11H2,1H3/t13-/m0/s1. The summed E-state index contributed by atoms with van der Waals surface area (Å²) in [6.07, 6.45) is 0. The van der Waals surface area contributed by atoms with Crippen molar-refractivity contribution in [1.82, 2.24) is 4.81 Å². The molecule has 1 fully saturated rings. The van der Waals surface area contributed by atoms with E-state index in [9.17, 15) is 5.02 Å². The van der Waals surface area contributed by atoms with Crippen molar-refractivity contribution in [2.24, 2.45) is 0 Å². The molecule has 18 heavy (non-hydrogen) atoms. The van der Waals surface area contributed by atoms with Gasteiger partial charge in [-0.25, -0.2) is 0 Å². The van der Waals surface area contributed by atoms with E-state index in [2.05, 4.69) is 0 Å². The molecule has 1 aromatic rings. The van der Waals surface area contributed by atoms with Crippen molar-refractivity contribution in [3.05, 3.63) is 35.9 Å². The summed E-state index contributed by atoms with van der Waals surface area (Å²) >= 11 is 0. The van der Waals surface area contributed by atoms with Gasteiger partial charge >= 0.3 is 7.05 Å². The van der Waals surface area contributed by atoms with Crippen LogP contribution in [0.15, 0.2) is 30.3 Å². The third-order valence-electron chi connectivity index (χ3n) is 3.17. The molecule has 1 N–H and O–H groups in total. The minimum absolute atomic E-state index is 0.141. The molecule has 0 unspecified atom stereocenters. The lowest BCUT2D eigenvalue weighted by molar-refractivity contribution is -0.0196. The lowest BCUT2D eigenvalue weighted by atomic mass is 9.82. The average molecular weight is 249 g/mol. The van der Waals surface area contributed by atoms with Gasteiger partial charge in [-0.3, -0.25) is 0 Å². The molecule has 0 spiro atoms. The number of morpholine rings is 1.